The molecule has 1 aromatic carbocycles. The maximum atomic E-state index is 11.4. The van der Waals surface area contributed by atoms with Crippen molar-refractivity contribution >= 4 is 36.8 Å². The van der Waals surface area contributed by atoms with E-state index in [0.717, 1.165) is 7.11 Å². The van der Waals surface area contributed by atoms with Gasteiger partial charge in [0.1, 0.15) is 5.75 Å². The third-order valence-electron chi connectivity index (χ3n) is 2.24. The van der Waals surface area contributed by atoms with Crippen LogP contribution in [-0.2, 0) is 18.6 Å². The standard InChI is InChI=1S/C11H13Cl2O6P.Na/c1-7(20(15,16)17-2)19-11(14)6-18-10-4-3-8(12)5-9(10)13;/h3-5,7H,6H2,1-2H3,(H,15,16);/q;+1/p-1. The first-order valence-corrected chi connectivity index (χ1v) is 7.77. The molecule has 21 heavy (non-hydrogen) atoms. The van der Waals surface area contributed by atoms with Crippen molar-refractivity contribution in [2.45, 2.75) is 12.8 Å². The van der Waals surface area contributed by atoms with E-state index in [1.165, 1.54) is 25.1 Å². The van der Waals surface area contributed by atoms with Gasteiger partial charge in [-0.2, -0.15) is 0 Å². The second-order valence-corrected chi connectivity index (χ2v) is 6.69. The van der Waals surface area contributed by atoms with Crippen LogP contribution in [0.25, 0.3) is 0 Å². The smallest absolute Gasteiger partial charge is 0.776 e. The molecule has 0 bridgehead atoms. The van der Waals surface area contributed by atoms with Gasteiger partial charge in [-0.3, -0.25) is 0 Å². The van der Waals surface area contributed by atoms with Crippen LogP contribution < -0.4 is 39.2 Å². The van der Waals surface area contributed by atoms with E-state index in [-0.39, 0.29) is 40.3 Å². The molecule has 0 aromatic heterocycles. The van der Waals surface area contributed by atoms with E-state index in [0.29, 0.717) is 5.02 Å². The van der Waals surface area contributed by atoms with Gasteiger partial charge in [0.25, 0.3) is 0 Å². The number of carbonyl (C=O) groups is 1. The number of hydrogen-bond acceptors (Lipinski definition) is 6. The molecule has 2 atom stereocenters. The molecule has 0 fully saturated rings. The molecule has 0 aliphatic rings. The largest absolute Gasteiger partial charge is 1.00 e. The van der Waals surface area contributed by atoms with Crippen molar-refractivity contribution in [3.05, 3.63) is 28.2 Å². The molecular weight excluding hydrogens is 353 g/mol. The second-order valence-electron chi connectivity index (χ2n) is 3.67. The van der Waals surface area contributed by atoms with Crippen molar-refractivity contribution < 1.29 is 57.8 Å². The zero-order chi connectivity index (χ0) is 15.3. The third kappa shape index (κ3) is 6.89. The second kappa shape index (κ2) is 9.38. The van der Waals surface area contributed by atoms with E-state index in [9.17, 15) is 14.3 Å². The fourth-order valence-corrected chi connectivity index (χ4v) is 2.17. The van der Waals surface area contributed by atoms with Crippen molar-refractivity contribution in [2.75, 3.05) is 13.7 Å². The Labute approximate surface area is 154 Å². The molecule has 0 saturated heterocycles. The third-order valence-corrected chi connectivity index (χ3v) is 4.28. The monoisotopic (exact) mass is 364 g/mol. The van der Waals surface area contributed by atoms with Gasteiger partial charge in [-0.05, 0) is 25.1 Å². The first-order valence-electron chi connectivity index (χ1n) is 5.40. The van der Waals surface area contributed by atoms with Gasteiger partial charge in [0, 0.05) is 12.1 Å². The fraction of sp³-hybridized carbons (Fsp3) is 0.364. The van der Waals surface area contributed by atoms with Crippen LogP contribution in [0, 0.1) is 0 Å². The molecule has 0 aliphatic carbocycles. The van der Waals surface area contributed by atoms with Gasteiger partial charge in [-0.25, -0.2) is 4.79 Å². The van der Waals surface area contributed by atoms with Crippen LogP contribution in [0.3, 0.4) is 0 Å². The van der Waals surface area contributed by atoms with E-state index >= 15 is 0 Å². The molecule has 0 radical (unpaired) electrons. The number of esters is 1. The predicted molar refractivity (Wildman–Crippen MR) is 72.1 cm³/mol. The minimum absolute atomic E-state index is 0. The van der Waals surface area contributed by atoms with E-state index in [2.05, 4.69) is 9.26 Å². The molecule has 1 rings (SSSR count). The molecule has 0 N–H and O–H groups in total. The molecule has 0 spiro atoms. The molecular formula is C11H12Cl2NaO6P. The predicted octanol–water partition coefficient (Wildman–Crippen LogP) is -0.535. The van der Waals surface area contributed by atoms with Crippen molar-refractivity contribution in [3.8, 4) is 5.75 Å². The van der Waals surface area contributed by atoms with Gasteiger partial charge in [-0.15, -0.1) is 0 Å². The summed E-state index contributed by atoms with van der Waals surface area (Å²) in [5, 5.41) is 0.649. The molecule has 0 aliphatic heterocycles. The summed E-state index contributed by atoms with van der Waals surface area (Å²) in [6, 6.07) is 4.46. The summed E-state index contributed by atoms with van der Waals surface area (Å²) in [6.07, 6.45) is 0. The topological polar surface area (TPSA) is 84.9 Å². The maximum absolute atomic E-state index is 11.4. The van der Waals surface area contributed by atoms with Gasteiger partial charge in [0.05, 0.1) is 5.02 Å². The SMILES string of the molecule is COP(=O)([O-])C(C)OC(=O)COc1ccc(Cl)cc1Cl.[Na+]. The molecule has 0 saturated carbocycles. The number of rotatable bonds is 6. The average molecular weight is 365 g/mol. The summed E-state index contributed by atoms with van der Waals surface area (Å²) in [6.45, 7) is 0.694. The Bertz CT molecular complexity index is 541. The van der Waals surface area contributed by atoms with E-state index in [4.69, 9.17) is 27.9 Å². The van der Waals surface area contributed by atoms with Gasteiger partial charge in [-0.1, -0.05) is 23.2 Å². The van der Waals surface area contributed by atoms with Crippen molar-refractivity contribution in [1.82, 2.24) is 0 Å². The number of carbonyl (C=O) groups excluding carboxylic acids is 1. The Morgan fingerprint density at radius 2 is 2.05 bits per heavy atom. The van der Waals surface area contributed by atoms with Crippen LogP contribution in [0.5, 0.6) is 5.75 Å². The van der Waals surface area contributed by atoms with E-state index in [1.807, 2.05) is 0 Å². The summed E-state index contributed by atoms with van der Waals surface area (Å²) < 4.78 is 25.3. The average Bonchev–Trinajstić information content (AvgIpc) is 2.37. The Morgan fingerprint density at radius 3 is 2.57 bits per heavy atom. The summed E-state index contributed by atoms with van der Waals surface area (Å²) in [4.78, 5) is 22.7. The Morgan fingerprint density at radius 1 is 1.43 bits per heavy atom. The van der Waals surface area contributed by atoms with Gasteiger partial charge >= 0.3 is 35.5 Å². The Kier molecular flexibility index (Phi) is 9.48. The molecule has 2 unspecified atom stereocenters. The maximum Gasteiger partial charge on any atom is 1.00 e. The van der Waals surface area contributed by atoms with Crippen molar-refractivity contribution in [3.63, 3.8) is 0 Å². The quantitative estimate of drug-likeness (QED) is 0.383. The first-order chi connectivity index (χ1) is 9.26. The normalized spacial score (nSPS) is 14.5. The van der Waals surface area contributed by atoms with Crippen molar-refractivity contribution in [1.29, 1.82) is 0 Å². The molecule has 0 heterocycles. The summed E-state index contributed by atoms with van der Waals surface area (Å²) in [5.41, 5.74) is 0. The Balaban J connectivity index is 0.00000400. The zero-order valence-corrected chi connectivity index (χ0v) is 16.1. The minimum atomic E-state index is -4.22. The molecule has 6 nitrogen and oxygen atoms in total. The number of halogens is 2. The summed E-state index contributed by atoms with van der Waals surface area (Å²) in [7, 11) is -3.23. The molecule has 0 amide bonds. The summed E-state index contributed by atoms with van der Waals surface area (Å²) in [5.74, 6) is -2.03. The van der Waals surface area contributed by atoms with Crippen LogP contribution in [0.1, 0.15) is 6.92 Å². The van der Waals surface area contributed by atoms with E-state index < -0.39 is 26.0 Å². The van der Waals surface area contributed by atoms with Crippen LogP contribution in [0.15, 0.2) is 18.2 Å². The Hall–Kier alpha value is 0.220. The molecule has 1 aromatic rings. The van der Waals surface area contributed by atoms with Crippen molar-refractivity contribution in [2.24, 2.45) is 0 Å². The van der Waals surface area contributed by atoms with Crippen LogP contribution in [-0.4, -0.2) is 25.5 Å². The van der Waals surface area contributed by atoms with Crippen LogP contribution in [0.2, 0.25) is 10.0 Å². The summed E-state index contributed by atoms with van der Waals surface area (Å²) >= 11 is 11.5. The van der Waals surface area contributed by atoms with Gasteiger partial charge in [0.2, 0.25) is 0 Å². The van der Waals surface area contributed by atoms with Gasteiger partial charge in [0.15, 0.2) is 20.0 Å². The van der Waals surface area contributed by atoms with E-state index in [1.54, 1.807) is 0 Å². The number of benzene rings is 1. The minimum Gasteiger partial charge on any atom is -0.776 e. The number of hydrogen-bond donors (Lipinski definition) is 0. The van der Waals surface area contributed by atoms with Crippen LogP contribution >= 0.6 is 30.8 Å². The number of ether oxygens (including phenoxy) is 2. The van der Waals surface area contributed by atoms with Gasteiger partial charge < -0.3 is 23.5 Å². The first kappa shape index (κ1) is 21.2. The zero-order valence-electron chi connectivity index (χ0n) is 11.7. The molecule has 112 valence electrons. The molecule has 10 heteroatoms. The fourth-order valence-electron chi connectivity index (χ4n) is 1.17. The van der Waals surface area contributed by atoms with Crippen LogP contribution in [0.4, 0.5) is 0 Å².